The molecule has 0 radical (unpaired) electrons. The van der Waals surface area contributed by atoms with E-state index in [-0.39, 0.29) is 5.75 Å². The molecular formula is C15H16N2O3S. The second kappa shape index (κ2) is 6.58. The fourth-order valence-corrected chi connectivity index (χ4v) is 2.57. The van der Waals surface area contributed by atoms with Gasteiger partial charge in [0.15, 0.2) is 6.10 Å². The SMILES string of the molecule is Cc1cc(SCC(=O)O[C@@H](C)C(N)=O)nc2ccccc12. The molecule has 1 amide bonds. The van der Waals surface area contributed by atoms with Crippen LogP contribution < -0.4 is 5.73 Å². The van der Waals surface area contributed by atoms with Crippen LogP contribution in [-0.4, -0.2) is 28.7 Å². The van der Waals surface area contributed by atoms with Crippen LogP contribution in [0.3, 0.4) is 0 Å². The van der Waals surface area contributed by atoms with Gasteiger partial charge >= 0.3 is 5.97 Å². The Kier molecular flexibility index (Phi) is 4.80. The topological polar surface area (TPSA) is 82.3 Å². The van der Waals surface area contributed by atoms with E-state index in [1.54, 1.807) is 0 Å². The summed E-state index contributed by atoms with van der Waals surface area (Å²) in [7, 11) is 0. The lowest BCUT2D eigenvalue weighted by atomic mass is 10.1. The number of aryl methyl sites for hydroxylation is 1. The molecule has 1 atom stereocenters. The predicted octanol–water partition coefficient (Wildman–Crippen LogP) is 2.05. The van der Waals surface area contributed by atoms with Crippen LogP contribution in [0.2, 0.25) is 0 Å². The van der Waals surface area contributed by atoms with E-state index in [4.69, 9.17) is 10.5 Å². The number of para-hydroxylation sites is 1. The van der Waals surface area contributed by atoms with Crippen molar-refractivity contribution in [3.05, 3.63) is 35.9 Å². The number of fused-ring (bicyclic) bond motifs is 1. The molecule has 6 heteroatoms. The first-order chi connectivity index (χ1) is 9.97. The number of aromatic nitrogens is 1. The summed E-state index contributed by atoms with van der Waals surface area (Å²) in [6.45, 7) is 3.45. The van der Waals surface area contributed by atoms with E-state index in [1.165, 1.54) is 18.7 Å². The van der Waals surface area contributed by atoms with E-state index in [1.807, 2.05) is 37.3 Å². The number of rotatable bonds is 5. The number of amides is 1. The molecule has 0 bridgehead atoms. The van der Waals surface area contributed by atoms with Crippen molar-refractivity contribution in [3.63, 3.8) is 0 Å². The normalized spacial score (nSPS) is 12.1. The fourth-order valence-electron chi connectivity index (χ4n) is 1.81. The summed E-state index contributed by atoms with van der Waals surface area (Å²) in [6, 6.07) is 9.75. The number of benzene rings is 1. The Morgan fingerprint density at radius 3 is 2.81 bits per heavy atom. The number of primary amides is 1. The molecule has 5 nitrogen and oxygen atoms in total. The van der Waals surface area contributed by atoms with Crippen molar-refractivity contribution < 1.29 is 14.3 Å². The molecule has 0 aliphatic heterocycles. The highest BCUT2D eigenvalue weighted by molar-refractivity contribution is 7.99. The minimum Gasteiger partial charge on any atom is -0.452 e. The Bertz CT molecular complexity index is 688. The van der Waals surface area contributed by atoms with Gasteiger partial charge in [-0.25, -0.2) is 4.98 Å². The standard InChI is InChI=1S/C15H16N2O3S/c1-9-7-13(17-12-6-4-3-5-11(9)12)21-8-14(18)20-10(2)15(16)19/h3-7,10H,8H2,1-2H3,(H2,16,19)/t10-/m0/s1. The zero-order valence-electron chi connectivity index (χ0n) is 11.8. The van der Waals surface area contributed by atoms with Gasteiger partial charge < -0.3 is 10.5 Å². The average molecular weight is 304 g/mol. The Morgan fingerprint density at radius 2 is 2.10 bits per heavy atom. The van der Waals surface area contributed by atoms with Gasteiger partial charge in [0.2, 0.25) is 0 Å². The molecule has 1 aromatic heterocycles. The number of carbonyl (C=O) groups excluding carboxylic acids is 2. The first-order valence-corrected chi connectivity index (χ1v) is 7.44. The van der Waals surface area contributed by atoms with Gasteiger partial charge in [-0.05, 0) is 31.5 Å². The van der Waals surface area contributed by atoms with Gasteiger partial charge in [0, 0.05) is 5.39 Å². The molecule has 1 aromatic carbocycles. The first kappa shape index (κ1) is 15.3. The molecule has 2 rings (SSSR count). The van der Waals surface area contributed by atoms with Crippen molar-refractivity contribution in [1.29, 1.82) is 0 Å². The summed E-state index contributed by atoms with van der Waals surface area (Å²) in [5.74, 6) is -1.06. The number of hydrogen-bond acceptors (Lipinski definition) is 5. The van der Waals surface area contributed by atoms with Gasteiger partial charge in [-0.1, -0.05) is 30.0 Å². The van der Waals surface area contributed by atoms with Crippen molar-refractivity contribution in [2.75, 3.05) is 5.75 Å². The highest BCUT2D eigenvalue weighted by Gasteiger charge is 2.15. The Hall–Kier alpha value is -2.08. The second-order valence-corrected chi connectivity index (χ2v) is 5.61. The van der Waals surface area contributed by atoms with E-state index < -0.39 is 18.0 Å². The first-order valence-electron chi connectivity index (χ1n) is 6.45. The molecule has 2 aromatic rings. The summed E-state index contributed by atoms with van der Waals surface area (Å²) in [5, 5.41) is 1.83. The van der Waals surface area contributed by atoms with Crippen molar-refractivity contribution >= 4 is 34.5 Å². The lowest BCUT2D eigenvalue weighted by molar-refractivity contribution is -0.151. The fraction of sp³-hybridized carbons (Fsp3) is 0.267. The van der Waals surface area contributed by atoms with Crippen LogP contribution in [0.15, 0.2) is 35.4 Å². The number of esters is 1. The van der Waals surface area contributed by atoms with Gasteiger partial charge in [-0.3, -0.25) is 9.59 Å². The molecular weight excluding hydrogens is 288 g/mol. The molecule has 21 heavy (non-hydrogen) atoms. The van der Waals surface area contributed by atoms with Crippen molar-refractivity contribution in [2.24, 2.45) is 5.73 Å². The summed E-state index contributed by atoms with van der Waals surface area (Å²) in [4.78, 5) is 26.9. The molecule has 0 aliphatic carbocycles. The molecule has 0 unspecified atom stereocenters. The average Bonchev–Trinajstić information content (AvgIpc) is 2.45. The lowest BCUT2D eigenvalue weighted by Crippen LogP contribution is -2.31. The number of carbonyl (C=O) groups is 2. The number of nitrogens with zero attached hydrogens (tertiary/aromatic N) is 1. The maximum Gasteiger partial charge on any atom is 0.317 e. The van der Waals surface area contributed by atoms with E-state index in [0.717, 1.165) is 21.5 Å². The second-order valence-electron chi connectivity index (χ2n) is 4.62. The summed E-state index contributed by atoms with van der Waals surface area (Å²) < 4.78 is 4.89. The van der Waals surface area contributed by atoms with Crippen LogP contribution >= 0.6 is 11.8 Å². The lowest BCUT2D eigenvalue weighted by Gasteiger charge is -2.09. The third-order valence-corrected chi connectivity index (χ3v) is 3.83. The highest BCUT2D eigenvalue weighted by Crippen LogP contribution is 2.23. The van der Waals surface area contributed by atoms with E-state index in [0.29, 0.717) is 0 Å². The predicted molar refractivity (Wildman–Crippen MR) is 82.0 cm³/mol. The summed E-state index contributed by atoms with van der Waals surface area (Å²) >= 11 is 1.27. The van der Waals surface area contributed by atoms with Gasteiger partial charge in [0.25, 0.3) is 5.91 Å². The number of nitrogens with two attached hydrogens (primary N) is 1. The van der Waals surface area contributed by atoms with Gasteiger partial charge in [-0.15, -0.1) is 0 Å². The molecule has 0 saturated heterocycles. The quantitative estimate of drug-likeness (QED) is 0.675. The van der Waals surface area contributed by atoms with Gasteiger partial charge in [0.05, 0.1) is 16.3 Å². The van der Waals surface area contributed by atoms with Gasteiger partial charge in [0.1, 0.15) is 0 Å². The van der Waals surface area contributed by atoms with Crippen LogP contribution in [-0.2, 0) is 14.3 Å². The molecule has 0 saturated carbocycles. The third-order valence-electron chi connectivity index (χ3n) is 2.95. The van der Waals surface area contributed by atoms with Crippen LogP contribution in [0.25, 0.3) is 10.9 Å². The Morgan fingerprint density at radius 1 is 1.38 bits per heavy atom. The van der Waals surface area contributed by atoms with E-state index >= 15 is 0 Å². The van der Waals surface area contributed by atoms with E-state index in [2.05, 4.69) is 4.98 Å². The monoisotopic (exact) mass is 304 g/mol. The smallest absolute Gasteiger partial charge is 0.317 e. The van der Waals surface area contributed by atoms with Crippen molar-refractivity contribution in [2.45, 2.75) is 25.0 Å². The number of pyridine rings is 1. The minimum absolute atomic E-state index is 0.0857. The third kappa shape index (κ3) is 3.95. The Labute approximate surface area is 126 Å². The number of hydrogen-bond donors (Lipinski definition) is 1. The molecule has 0 spiro atoms. The van der Waals surface area contributed by atoms with Crippen molar-refractivity contribution in [3.8, 4) is 0 Å². The molecule has 110 valence electrons. The van der Waals surface area contributed by atoms with Crippen LogP contribution in [0.1, 0.15) is 12.5 Å². The zero-order valence-corrected chi connectivity index (χ0v) is 12.6. The highest BCUT2D eigenvalue weighted by atomic mass is 32.2. The minimum atomic E-state index is -0.913. The molecule has 1 heterocycles. The van der Waals surface area contributed by atoms with Gasteiger partial charge in [-0.2, -0.15) is 0 Å². The number of thioether (sulfide) groups is 1. The van der Waals surface area contributed by atoms with Crippen molar-refractivity contribution in [1.82, 2.24) is 4.98 Å². The Balaban J connectivity index is 2.04. The number of ether oxygens (including phenoxy) is 1. The molecule has 0 fully saturated rings. The van der Waals surface area contributed by atoms with E-state index in [9.17, 15) is 9.59 Å². The maximum atomic E-state index is 11.6. The maximum absolute atomic E-state index is 11.6. The molecule has 0 aliphatic rings. The van der Waals surface area contributed by atoms with Crippen LogP contribution in [0.4, 0.5) is 0 Å². The summed E-state index contributed by atoms with van der Waals surface area (Å²) in [6.07, 6.45) is -0.913. The largest absolute Gasteiger partial charge is 0.452 e. The zero-order chi connectivity index (χ0) is 15.4. The molecule has 2 N–H and O–H groups in total. The van der Waals surface area contributed by atoms with Crippen LogP contribution in [0, 0.1) is 6.92 Å². The summed E-state index contributed by atoms with van der Waals surface area (Å²) in [5.41, 5.74) is 7.03. The van der Waals surface area contributed by atoms with Crippen LogP contribution in [0.5, 0.6) is 0 Å².